The topological polar surface area (TPSA) is 75.7 Å². The molecular formula is C10H21ClN2O4S. The Kier molecular flexibility index (Phi) is 8.30. The van der Waals surface area contributed by atoms with Crippen molar-refractivity contribution in [3.05, 3.63) is 0 Å². The third kappa shape index (κ3) is 7.03. The molecule has 0 bridgehead atoms. The first-order valence-electron chi connectivity index (χ1n) is 5.88. The normalized spacial score (nSPS) is 11.9. The van der Waals surface area contributed by atoms with Gasteiger partial charge in [0.2, 0.25) is 0 Å². The summed E-state index contributed by atoms with van der Waals surface area (Å²) in [5, 5.41) is 0. The summed E-state index contributed by atoms with van der Waals surface area (Å²) in [5.74, 6) is 0.170. The first kappa shape index (κ1) is 17.5. The van der Waals surface area contributed by atoms with Gasteiger partial charge in [-0.15, -0.1) is 11.6 Å². The highest BCUT2D eigenvalue weighted by molar-refractivity contribution is 7.87. The van der Waals surface area contributed by atoms with Gasteiger partial charge in [0.25, 0.3) is 0 Å². The molecule has 0 fully saturated rings. The van der Waals surface area contributed by atoms with Gasteiger partial charge in [-0.2, -0.15) is 12.7 Å². The van der Waals surface area contributed by atoms with Crippen molar-refractivity contribution < 1.29 is 17.9 Å². The highest BCUT2D eigenvalue weighted by Gasteiger charge is 2.24. The predicted octanol–water partition coefficient (Wildman–Crippen LogP) is 1.71. The average molecular weight is 301 g/mol. The number of hydrogen-bond donors (Lipinski definition) is 1. The van der Waals surface area contributed by atoms with Crippen molar-refractivity contribution in [2.24, 2.45) is 0 Å². The number of nitrogens with zero attached hydrogens (tertiary/aromatic N) is 1. The van der Waals surface area contributed by atoms with Crippen LogP contribution in [0.15, 0.2) is 0 Å². The summed E-state index contributed by atoms with van der Waals surface area (Å²) in [6, 6.07) is 0. The smallest absolute Gasteiger partial charge is 0.422 e. The van der Waals surface area contributed by atoms with Gasteiger partial charge >= 0.3 is 16.3 Å². The Morgan fingerprint density at radius 3 is 2.44 bits per heavy atom. The number of alkyl halides is 1. The van der Waals surface area contributed by atoms with Crippen LogP contribution in [0.1, 0.15) is 33.6 Å². The fourth-order valence-corrected chi connectivity index (χ4v) is 2.58. The standard InChI is InChI=1S/C10H21ClN2O4S/c1-4-5-7-13(8-6-11)18(15,16)12-10(14)17-9(2)3/h9H,4-8H2,1-3H3,(H,12,14). The van der Waals surface area contributed by atoms with Crippen molar-refractivity contribution in [3.63, 3.8) is 0 Å². The van der Waals surface area contributed by atoms with Gasteiger partial charge < -0.3 is 4.74 Å². The number of amides is 1. The van der Waals surface area contributed by atoms with Crippen LogP contribution in [0.2, 0.25) is 0 Å². The van der Waals surface area contributed by atoms with Crippen LogP contribution >= 0.6 is 11.6 Å². The number of carbonyl (C=O) groups excluding carboxylic acids is 1. The Bertz CT molecular complexity index is 346. The highest BCUT2D eigenvalue weighted by Crippen LogP contribution is 2.03. The Labute approximate surface area is 114 Å². The van der Waals surface area contributed by atoms with E-state index in [1.807, 2.05) is 11.6 Å². The second-order valence-corrected chi connectivity index (χ2v) is 6.05. The lowest BCUT2D eigenvalue weighted by Gasteiger charge is -2.21. The highest BCUT2D eigenvalue weighted by atomic mass is 35.5. The number of nitrogens with one attached hydrogen (secondary N) is 1. The summed E-state index contributed by atoms with van der Waals surface area (Å²) < 4.78 is 31.5. The maximum atomic E-state index is 11.9. The van der Waals surface area contributed by atoms with Gasteiger partial charge in [0, 0.05) is 19.0 Å². The summed E-state index contributed by atoms with van der Waals surface area (Å²) in [5.41, 5.74) is 0. The van der Waals surface area contributed by atoms with E-state index in [0.717, 1.165) is 10.7 Å². The minimum atomic E-state index is -3.88. The van der Waals surface area contributed by atoms with Crippen LogP contribution in [0.4, 0.5) is 4.79 Å². The van der Waals surface area contributed by atoms with Crippen molar-refractivity contribution >= 4 is 27.9 Å². The minimum Gasteiger partial charge on any atom is -0.446 e. The summed E-state index contributed by atoms with van der Waals surface area (Å²) >= 11 is 5.55. The second kappa shape index (κ2) is 8.55. The van der Waals surface area contributed by atoms with Crippen molar-refractivity contribution in [1.82, 2.24) is 9.03 Å². The lowest BCUT2D eigenvalue weighted by molar-refractivity contribution is 0.121. The molecule has 8 heteroatoms. The molecule has 0 atom stereocenters. The third-order valence-electron chi connectivity index (χ3n) is 1.99. The molecule has 0 spiro atoms. The number of unbranched alkanes of at least 4 members (excludes halogenated alkanes) is 1. The number of rotatable bonds is 8. The maximum Gasteiger partial charge on any atom is 0.422 e. The van der Waals surface area contributed by atoms with Gasteiger partial charge in [0.15, 0.2) is 0 Å². The summed E-state index contributed by atoms with van der Waals surface area (Å²) in [6.07, 6.45) is 0.209. The molecule has 0 aromatic carbocycles. The molecule has 108 valence electrons. The van der Waals surface area contributed by atoms with Gasteiger partial charge in [-0.1, -0.05) is 13.3 Å². The SMILES string of the molecule is CCCCN(CCCl)S(=O)(=O)NC(=O)OC(C)C. The molecule has 1 N–H and O–H groups in total. The van der Waals surface area contributed by atoms with E-state index < -0.39 is 16.3 Å². The minimum absolute atomic E-state index is 0.159. The van der Waals surface area contributed by atoms with E-state index >= 15 is 0 Å². The lowest BCUT2D eigenvalue weighted by Crippen LogP contribution is -2.45. The first-order chi connectivity index (χ1) is 8.33. The molecular weight excluding hydrogens is 280 g/mol. The van der Waals surface area contributed by atoms with E-state index in [0.29, 0.717) is 13.0 Å². The van der Waals surface area contributed by atoms with Crippen molar-refractivity contribution in [3.8, 4) is 0 Å². The Hall–Kier alpha value is -0.530. The number of carbonyl (C=O) groups is 1. The Balaban J connectivity index is 4.58. The predicted molar refractivity (Wildman–Crippen MR) is 70.9 cm³/mol. The van der Waals surface area contributed by atoms with E-state index in [4.69, 9.17) is 16.3 Å². The molecule has 0 radical (unpaired) electrons. The molecule has 18 heavy (non-hydrogen) atoms. The molecule has 0 aromatic rings. The molecule has 0 saturated carbocycles. The molecule has 6 nitrogen and oxygen atoms in total. The molecule has 0 unspecified atom stereocenters. The van der Waals surface area contributed by atoms with Gasteiger partial charge in [0.1, 0.15) is 0 Å². The quantitative estimate of drug-likeness (QED) is 0.692. The zero-order valence-electron chi connectivity index (χ0n) is 11.0. The molecule has 0 aromatic heterocycles. The number of hydrogen-bond acceptors (Lipinski definition) is 4. The molecule has 0 aliphatic carbocycles. The zero-order valence-corrected chi connectivity index (χ0v) is 12.6. The van der Waals surface area contributed by atoms with Crippen molar-refractivity contribution in [2.45, 2.75) is 39.7 Å². The van der Waals surface area contributed by atoms with Crippen molar-refractivity contribution in [2.75, 3.05) is 19.0 Å². The van der Waals surface area contributed by atoms with Gasteiger partial charge in [-0.05, 0) is 20.3 Å². The summed E-state index contributed by atoms with van der Waals surface area (Å²) in [6.45, 7) is 5.71. The lowest BCUT2D eigenvalue weighted by atomic mass is 10.3. The monoisotopic (exact) mass is 300 g/mol. The average Bonchev–Trinajstić information content (AvgIpc) is 2.21. The van der Waals surface area contributed by atoms with Crippen LogP contribution in [0, 0.1) is 0 Å². The fourth-order valence-electron chi connectivity index (χ4n) is 1.19. The zero-order chi connectivity index (χ0) is 14.2. The maximum absolute atomic E-state index is 11.9. The van der Waals surface area contributed by atoms with Crippen LogP contribution in [-0.4, -0.2) is 43.9 Å². The first-order valence-corrected chi connectivity index (χ1v) is 7.85. The van der Waals surface area contributed by atoms with Crippen LogP contribution in [0.3, 0.4) is 0 Å². The Morgan fingerprint density at radius 2 is 2.00 bits per heavy atom. The van der Waals surface area contributed by atoms with E-state index in [-0.39, 0.29) is 18.5 Å². The summed E-state index contributed by atoms with van der Waals surface area (Å²) in [4.78, 5) is 11.3. The Morgan fingerprint density at radius 1 is 1.39 bits per heavy atom. The van der Waals surface area contributed by atoms with Gasteiger partial charge in [0.05, 0.1) is 6.10 Å². The number of ether oxygens (including phenoxy) is 1. The van der Waals surface area contributed by atoms with Crippen LogP contribution < -0.4 is 4.72 Å². The molecule has 0 rings (SSSR count). The molecule has 0 saturated heterocycles. The van der Waals surface area contributed by atoms with Crippen molar-refractivity contribution in [1.29, 1.82) is 0 Å². The summed E-state index contributed by atoms with van der Waals surface area (Å²) in [7, 11) is -3.88. The van der Waals surface area contributed by atoms with Gasteiger partial charge in [-0.25, -0.2) is 9.52 Å². The molecule has 0 heterocycles. The molecule has 1 amide bonds. The van der Waals surface area contributed by atoms with Crippen LogP contribution in [-0.2, 0) is 14.9 Å². The molecule has 0 aliphatic heterocycles. The van der Waals surface area contributed by atoms with Crippen LogP contribution in [0.25, 0.3) is 0 Å². The fraction of sp³-hybridized carbons (Fsp3) is 0.900. The number of halogens is 1. The van der Waals surface area contributed by atoms with E-state index in [2.05, 4.69) is 0 Å². The van der Waals surface area contributed by atoms with E-state index in [1.165, 1.54) is 0 Å². The van der Waals surface area contributed by atoms with Gasteiger partial charge in [-0.3, -0.25) is 0 Å². The molecule has 0 aliphatic rings. The second-order valence-electron chi connectivity index (χ2n) is 4.00. The van der Waals surface area contributed by atoms with Crippen LogP contribution in [0.5, 0.6) is 0 Å². The largest absolute Gasteiger partial charge is 0.446 e. The van der Waals surface area contributed by atoms with E-state index in [1.54, 1.807) is 13.8 Å². The third-order valence-corrected chi connectivity index (χ3v) is 3.63. The van der Waals surface area contributed by atoms with E-state index in [9.17, 15) is 13.2 Å².